The third-order valence-electron chi connectivity index (χ3n) is 4.35. The maximum atomic E-state index is 15.6. The molecule has 1 aliphatic carbocycles. The Morgan fingerprint density at radius 3 is 1.72 bits per heavy atom. The summed E-state index contributed by atoms with van der Waals surface area (Å²) in [7, 11) is 0. The Bertz CT molecular complexity index is 891. The fourth-order valence-electron chi connectivity index (χ4n) is 3.15. The number of hydrogen-bond acceptors (Lipinski definition) is 1. The van der Waals surface area contributed by atoms with Crippen molar-refractivity contribution in [1.82, 2.24) is 0 Å². The van der Waals surface area contributed by atoms with Crippen LogP contribution in [0.1, 0.15) is 17.5 Å². The number of nitriles is 1. The number of allylic oxidation sites excluding steroid dienone is 4. The van der Waals surface area contributed by atoms with Gasteiger partial charge >= 0.3 is 18.3 Å². The number of benzene rings is 1. The SMILES string of the molecule is N#Cc1ccccc1C1(C(F)(C(F)(F)F)C(F)(F)C(F)(F)F)C=C(Br)CC(Br)=C1. The standard InChI is InChI=1S/C17H8Br2F9N/c18-10-5-11(19)7-13(6-10,12-4-2-1-3-9(12)8-29)14(20,16(23,24)25)15(21,22)17(26,27)28/h1-4,6-7H,5H2. The number of hydrogen-bond donors (Lipinski definition) is 0. The van der Waals surface area contributed by atoms with Crippen LogP contribution in [-0.4, -0.2) is 23.9 Å². The average molecular weight is 557 g/mol. The highest BCUT2D eigenvalue weighted by molar-refractivity contribution is 9.12. The Kier molecular flexibility index (Phi) is 6.02. The fourth-order valence-corrected chi connectivity index (χ4v) is 4.85. The van der Waals surface area contributed by atoms with Gasteiger partial charge in [-0.2, -0.15) is 40.4 Å². The molecule has 0 heterocycles. The van der Waals surface area contributed by atoms with E-state index in [-0.39, 0.29) is 15.4 Å². The normalized spacial score (nSPS) is 19.7. The van der Waals surface area contributed by atoms with Gasteiger partial charge < -0.3 is 0 Å². The topological polar surface area (TPSA) is 23.8 Å². The van der Waals surface area contributed by atoms with Gasteiger partial charge in [0.2, 0.25) is 0 Å². The van der Waals surface area contributed by atoms with Crippen molar-refractivity contribution in [3.63, 3.8) is 0 Å². The highest BCUT2D eigenvalue weighted by atomic mass is 79.9. The fraction of sp³-hybridized carbons (Fsp3) is 0.353. The monoisotopic (exact) mass is 555 g/mol. The summed E-state index contributed by atoms with van der Waals surface area (Å²) in [5.74, 6) is -6.87. The van der Waals surface area contributed by atoms with Crippen LogP contribution in [0.4, 0.5) is 39.5 Å². The molecule has 1 aromatic carbocycles. The van der Waals surface area contributed by atoms with Crippen molar-refractivity contribution >= 4 is 31.9 Å². The third kappa shape index (κ3) is 3.50. The van der Waals surface area contributed by atoms with Crippen LogP contribution in [0.3, 0.4) is 0 Å². The van der Waals surface area contributed by atoms with Crippen LogP contribution in [0.15, 0.2) is 45.4 Å². The van der Waals surface area contributed by atoms with Crippen molar-refractivity contribution in [3.8, 4) is 6.07 Å². The molecule has 2 rings (SSSR count). The lowest BCUT2D eigenvalue weighted by Crippen LogP contribution is -2.71. The van der Waals surface area contributed by atoms with Gasteiger partial charge in [-0.1, -0.05) is 62.2 Å². The quantitative estimate of drug-likeness (QED) is 0.360. The van der Waals surface area contributed by atoms with E-state index in [2.05, 4.69) is 31.9 Å². The second kappa shape index (κ2) is 7.34. The molecule has 0 fully saturated rings. The van der Waals surface area contributed by atoms with Crippen LogP contribution in [0.5, 0.6) is 0 Å². The van der Waals surface area contributed by atoms with E-state index < -0.39 is 40.5 Å². The van der Waals surface area contributed by atoms with Crippen molar-refractivity contribution in [1.29, 1.82) is 5.26 Å². The van der Waals surface area contributed by atoms with E-state index in [1.165, 1.54) is 6.07 Å². The molecule has 0 saturated heterocycles. The first-order chi connectivity index (χ1) is 13.0. The minimum Gasteiger partial charge on any atom is -0.225 e. The van der Waals surface area contributed by atoms with E-state index in [9.17, 15) is 40.4 Å². The molecular formula is C17H8Br2F9N. The van der Waals surface area contributed by atoms with Crippen molar-refractivity contribution < 1.29 is 39.5 Å². The van der Waals surface area contributed by atoms with E-state index in [1.807, 2.05) is 0 Å². The summed E-state index contributed by atoms with van der Waals surface area (Å²) in [5, 5.41) is 9.20. The summed E-state index contributed by atoms with van der Waals surface area (Å²) >= 11 is 5.54. The van der Waals surface area contributed by atoms with Crippen LogP contribution in [0.2, 0.25) is 0 Å². The maximum absolute atomic E-state index is 15.6. The predicted octanol–water partition coefficient (Wildman–Crippen LogP) is 7.23. The Labute approximate surface area is 175 Å². The molecule has 0 radical (unpaired) electrons. The van der Waals surface area contributed by atoms with Gasteiger partial charge in [-0.15, -0.1) is 0 Å². The van der Waals surface area contributed by atoms with Crippen LogP contribution in [-0.2, 0) is 5.41 Å². The van der Waals surface area contributed by atoms with E-state index in [0.717, 1.165) is 18.2 Å². The zero-order chi connectivity index (χ0) is 22.5. The van der Waals surface area contributed by atoms with E-state index in [0.29, 0.717) is 18.2 Å². The van der Waals surface area contributed by atoms with Gasteiger partial charge in [-0.05, 0) is 20.6 Å². The zero-order valence-electron chi connectivity index (χ0n) is 13.8. The lowest BCUT2D eigenvalue weighted by Gasteiger charge is -2.48. The van der Waals surface area contributed by atoms with E-state index in [1.54, 1.807) is 0 Å². The molecule has 29 heavy (non-hydrogen) atoms. The molecule has 1 aromatic rings. The summed E-state index contributed by atoms with van der Waals surface area (Å²) in [6, 6.07) is 5.14. The summed E-state index contributed by atoms with van der Waals surface area (Å²) in [6.45, 7) is 0. The molecule has 158 valence electrons. The molecule has 0 aromatic heterocycles. The van der Waals surface area contributed by atoms with E-state index >= 15 is 4.39 Å². The second-order valence-electron chi connectivity index (χ2n) is 6.11. The smallest absolute Gasteiger partial charge is 0.225 e. The summed E-state index contributed by atoms with van der Waals surface area (Å²) in [4.78, 5) is 0. The molecule has 0 saturated carbocycles. The predicted molar refractivity (Wildman–Crippen MR) is 92.4 cm³/mol. The minimum absolute atomic E-state index is 0.220. The first kappa shape index (κ1) is 23.8. The number of halogens is 11. The van der Waals surface area contributed by atoms with Gasteiger partial charge in [0.25, 0.3) is 5.67 Å². The second-order valence-corrected chi connectivity index (χ2v) is 8.15. The Balaban J connectivity index is 3.13. The minimum atomic E-state index is -6.88. The van der Waals surface area contributed by atoms with Gasteiger partial charge in [0.05, 0.1) is 17.0 Å². The number of alkyl halides is 9. The van der Waals surface area contributed by atoms with Crippen molar-refractivity contribution in [2.75, 3.05) is 0 Å². The van der Waals surface area contributed by atoms with Gasteiger partial charge in [0.15, 0.2) is 0 Å². The first-order valence-corrected chi connectivity index (χ1v) is 9.08. The highest BCUT2D eigenvalue weighted by Crippen LogP contribution is 2.63. The Morgan fingerprint density at radius 1 is 0.828 bits per heavy atom. The lowest BCUT2D eigenvalue weighted by atomic mass is 9.62. The molecule has 0 amide bonds. The van der Waals surface area contributed by atoms with Gasteiger partial charge in [-0.25, -0.2) is 4.39 Å². The molecule has 0 spiro atoms. The number of rotatable bonds is 3. The lowest BCUT2D eigenvalue weighted by molar-refractivity contribution is -0.392. The summed E-state index contributed by atoms with van der Waals surface area (Å²) in [5.41, 5.74) is -11.6. The van der Waals surface area contributed by atoms with Gasteiger partial charge in [-0.3, -0.25) is 0 Å². The van der Waals surface area contributed by atoms with Crippen LogP contribution >= 0.6 is 31.9 Å². The van der Waals surface area contributed by atoms with Crippen LogP contribution in [0.25, 0.3) is 0 Å². The van der Waals surface area contributed by atoms with Crippen LogP contribution < -0.4 is 0 Å². The Morgan fingerprint density at radius 2 is 1.31 bits per heavy atom. The largest absolute Gasteiger partial charge is 0.457 e. The van der Waals surface area contributed by atoms with Crippen molar-refractivity contribution in [2.45, 2.75) is 35.8 Å². The molecule has 0 aliphatic heterocycles. The molecule has 1 aliphatic rings. The summed E-state index contributed by atoms with van der Waals surface area (Å²) in [6.07, 6.45) is -13.2. The van der Waals surface area contributed by atoms with Crippen molar-refractivity contribution in [3.05, 3.63) is 56.5 Å². The molecule has 1 nitrogen and oxygen atoms in total. The van der Waals surface area contributed by atoms with Gasteiger partial charge in [0, 0.05) is 6.42 Å². The van der Waals surface area contributed by atoms with Crippen molar-refractivity contribution in [2.24, 2.45) is 0 Å². The Hall–Kier alpha value is -1.48. The molecular weight excluding hydrogens is 549 g/mol. The molecule has 1 unspecified atom stereocenters. The third-order valence-corrected chi connectivity index (χ3v) is 5.37. The highest BCUT2D eigenvalue weighted by Gasteiger charge is 2.87. The molecule has 0 bridgehead atoms. The van der Waals surface area contributed by atoms with E-state index in [4.69, 9.17) is 0 Å². The summed E-state index contributed by atoms with van der Waals surface area (Å²) < 4.78 is 124. The number of nitrogens with zero attached hydrogens (tertiary/aromatic N) is 1. The average Bonchev–Trinajstić information content (AvgIpc) is 2.57. The first-order valence-electron chi connectivity index (χ1n) is 7.49. The maximum Gasteiger partial charge on any atom is 0.457 e. The van der Waals surface area contributed by atoms with Crippen LogP contribution in [0, 0.1) is 11.3 Å². The molecule has 0 N–H and O–H groups in total. The zero-order valence-corrected chi connectivity index (χ0v) is 16.9. The molecule has 1 atom stereocenters. The molecule has 12 heteroatoms. The van der Waals surface area contributed by atoms with Gasteiger partial charge in [0.1, 0.15) is 0 Å².